The van der Waals surface area contributed by atoms with E-state index in [2.05, 4.69) is 50.6 Å². The number of H-pyrrole nitrogens is 1. The van der Waals surface area contributed by atoms with Gasteiger partial charge >= 0.3 is 0 Å². The Hall–Kier alpha value is -2.22. The molecule has 4 rings (SSSR count). The Bertz CT molecular complexity index is 925. The number of aliphatic hydroxyl groups is 1. The lowest BCUT2D eigenvalue weighted by Gasteiger charge is -2.31. The molecule has 1 atom stereocenters. The molecule has 1 aliphatic heterocycles. The van der Waals surface area contributed by atoms with Gasteiger partial charge in [0.05, 0.1) is 5.69 Å². The first-order valence-electron chi connectivity index (χ1n) is 9.32. The Balaban J connectivity index is 1.33. The molecule has 142 valence electrons. The zero-order chi connectivity index (χ0) is 18.8. The van der Waals surface area contributed by atoms with Gasteiger partial charge in [0.15, 0.2) is 5.13 Å². The van der Waals surface area contributed by atoms with Crippen LogP contribution in [0.15, 0.2) is 35.8 Å². The number of aromatic nitrogens is 2. The van der Waals surface area contributed by atoms with E-state index in [4.69, 9.17) is 0 Å². The molecule has 6 nitrogen and oxygen atoms in total. The van der Waals surface area contributed by atoms with Crippen molar-refractivity contribution in [2.45, 2.75) is 38.3 Å². The number of hydrogen-bond acceptors (Lipinski definition) is 5. The molecule has 1 fully saturated rings. The highest BCUT2D eigenvalue weighted by atomic mass is 32.1. The molecule has 1 amide bonds. The molecule has 1 aromatic carbocycles. The summed E-state index contributed by atoms with van der Waals surface area (Å²) in [6.07, 6.45) is 3.42. The van der Waals surface area contributed by atoms with Gasteiger partial charge in [0.25, 0.3) is 5.91 Å². The van der Waals surface area contributed by atoms with Crippen molar-refractivity contribution in [3.05, 3.63) is 47.1 Å². The Morgan fingerprint density at radius 2 is 2.19 bits per heavy atom. The van der Waals surface area contributed by atoms with Crippen molar-refractivity contribution in [2.24, 2.45) is 0 Å². The quantitative estimate of drug-likeness (QED) is 0.630. The second-order valence-electron chi connectivity index (χ2n) is 7.15. The lowest BCUT2D eigenvalue weighted by Crippen LogP contribution is -2.32. The Morgan fingerprint density at radius 3 is 2.96 bits per heavy atom. The summed E-state index contributed by atoms with van der Waals surface area (Å²) < 4.78 is 0. The van der Waals surface area contributed by atoms with Crippen molar-refractivity contribution in [3.8, 4) is 0 Å². The molecule has 0 spiro atoms. The van der Waals surface area contributed by atoms with Crippen LogP contribution in [0.2, 0.25) is 0 Å². The number of rotatable bonds is 5. The third-order valence-corrected chi connectivity index (χ3v) is 6.00. The van der Waals surface area contributed by atoms with Gasteiger partial charge in [0.2, 0.25) is 0 Å². The fourth-order valence-corrected chi connectivity index (χ4v) is 4.41. The monoisotopic (exact) mass is 384 g/mol. The summed E-state index contributed by atoms with van der Waals surface area (Å²) in [5.41, 5.74) is 3.61. The average molecular weight is 385 g/mol. The predicted octanol–water partition coefficient (Wildman–Crippen LogP) is 3.32. The minimum Gasteiger partial charge on any atom is -0.384 e. The highest BCUT2D eigenvalue weighted by molar-refractivity contribution is 7.13. The van der Waals surface area contributed by atoms with E-state index in [1.165, 1.54) is 34.7 Å². The Morgan fingerprint density at radius 1 is 1.41 bits per heavy atom. The van der Waals surface area contributed by atoms with Crippen LogP contribution in [0.4, 0.5) is 5.13 Å². The van der Waals surface area contributed by atoms with Crippen molar-refractivity contribution >= 4 is 33.3 Å². The van der Waals surface area contributed by atoms with E-state index >= 15 is 0 Å². The zero-order valence-electron chi connectivity index (χ0n) is 15.3. The van der Waals surface area contributed by atoms with Crippen LogP contribution in [0.25, 0.3) is 10.9 Å². The number of carbonyl (C=O) groups excluding carboxylic acids is 1. The molecule has 2 aromatic heterocycles. The maximum absolute atomic E-state index is 11.5. The van der Waals surface area contributed by atoms with Gasteiger partial charge in [-0.15, -0.1) is 11.3 Å². The van der Waals surface area contributed by atoms with E-state index in [9.17, 15) is 9.90 Å². The highest BCUT2D eigenvalue weighted by Crippen LogP contribution is 2.33. The molecule has 0 bridgehead atoms. The van der Waals surface area contributed by atoms with E-state index in [-0.39, 0.29) is 0 Å². The summed E-state index contributed by atoms with van der Waals surface area (Å²) in [5.74, 6) is 0.171. The molecule has 1 aliphatic rings. The van der Waals surface area contributed by atoms with Gasteiger partial charge in [0.1, 0.15) is 6.10 Å². The lowest BCUT2D eigenvalue weighted by atomic mass is 9.89. The number of amides is 1. The van der Waals surface area contributed by atoms with Crippen LogP contribution in [-0.2, 0) is 11.3 Å². The standard InChI is InChI=1S/C20H24N4O2S/c1-13(25)19(26)23-20-22-15(12-27-20)11-24-8-6-14(7-9-24)17-10-21-18-5-3-2-4-16(17)18/h2-5,10,12-14,21,25H,6-9,11H2,1H3,(H,22,23,26). The van der Waals surface area contributed by atoms with Gasteiger partial charge in [-0.2, -0.15) is 0 Å². The van der Waals surface area contributed by atoms with Crippen LogP contribution < -0.4 is 5.32 Å². The molecule has 0 saturated carbocycles. The van der Waals surface area contributed by atoms with Crippen LogP contribution in [0, 0.1) is 0 Å². The normalized spacial score (nSPS) is 17.3. The number of likely N-dealkylation sites (tertiary alicyclic amines) is 1. The summed E-state index contributed by atoms with van der Waals surface area (Å²) in [7, 11) is 0. The van der Waals surface area contributed by atoms with E-state index in [1.807, 2.05) is 5.38 Å². The number of aromatic amines is 1. The minimum atomic E-state index is -1.03. The van der Waals surface area contributed by atoms with E-state index in [1.54, 1.807) is 0 Å². The average Bonchev–Trinajstić information content (AvgIpc) is 3.29. The molecule has 3 N–H and O–H groups in total. The first-order valence-corrected chi connectivity index (χ1v) is 10.2. The van der Waals surface area contributed by atoms with Crippen LogP contribution in [-0.4, -0.2) is 45.1 Å². The third-order valence-electron chi connectivity index (χ3n) is 5.20. The first-order chi connectivity index (χ1) is 13.1. The highest BCUT2D eigenvalue weighted by Gasteiger charge is 2.23. The maximum atomic E-state index is 11.5. The van der Waals surface area contributed by atoms with Gasteiger partial charge in [-0.1, -0.05) is 18.2 Å². The summed E-state index contributed by atoms with van der Waals surface area (Å²) in [5, 5.41) is 15.8. The minimum absolute atomic E-state index is 0.421. The number of piperidine rings is 1. The number of anilines is 1. The molecule has 0 radical (unpaired) electrons. The summed E-state index contributed by atoms with van der Waals surface area (Å²) in [4.78, 5) is 21.8. The van der Waals surface area contributed by atoms with E-state index in [0.29, 0.717) is 11.0 Å². The van der Waals surface area contributed by atoms with Crippen molar-refractivity contribution in [3.63, 3.8) is 0 Å². The van der Waals surface area contributed by atoms with Crippen LogP contribution >= 0.6 is 11.3 Å². The SMILES string of the molecule is CC(O)C(=O)Nc1nc(CN2CCC(c3c[nH]c4ccccc34)CC2)cs1. The summed E-state index contributed by atoms with van der Waals surface area (Å²) in [6, 6.07) is 8.50. The first kappa shape index (κ1) is 18.2. The maximum Gasteiger partial charge on any atom is 0.254 e. The molecule has 3 aromatic rings. The van der Waals surface area contributed by atoms with Crippen LogP contribution in [0.3, 0.4) is 0 Å². The largest absolute Gasteiger partial charge is 0.384 e. The smallest absolute Gasteiger partial charge is 0.254 e. The fourth-order valence-electron chi connectivity index (χ4n) is 3.71. The number of aliphatic hydroxyl groups excluding tert-OH is 1. The van der Waals surface area contributed by atoms with Gasteiger partial charge in [-0.05, 0) is 50.4 Å². The zero-order valence-corrected chi connectivity index (χ0v) is 16.1. The number of carbonyl (C=O) groups is 1. The van der Waals surface area contributed by atoms with Gasteiger partial charge in [-0.25, -0.2) is 4.98 Å². The lowest BCUT2D eigenvalue weighted by molar-refractivity contribution is -0.123. The molecule has 0 aliphatic carbocycles. The molecule has 3 heterocycles. The molecule has 27 heavy (non-hydrogen) atoms. The second-order valence-corrected chi connectivity index (χ2v) is 8.01. The fraction of sp³-hybridized carbons (Fsp3) is 0.400. The van der Waals surface area contributed by atoms with Crippen molar-refractivity contribution in [1.29, 1.82) is 0 Å². The van der Waals surface area contributed by atoms with Crippen molar-refractivity contribution in [2.75, 3.05) is 18.4 Å². The van der Waals surface area contributed by atoms with Crippen molar-refractivity contribution < 1.29 is 9.90 Å². The molecular weight excluding hydrogens is 360 g/mol. The van der Waals surface area contributed by atoms with Crippen LogP contribution in [0.1, 0.15) is 36.9 Å². The molecule has 1 unspecified atom stereocenters. The number of hydrogen-bond donors (Lipinski definition) is 3. The number of para-hydroxylation sites is 1. The Kier molecular flexibility index (Phi) is 5.24. The number of benzene rings is 1. The predicted molar refractivity (Wildman–Crippen MR) is 108 cm³/mol. The summed E-state index contributed by atoms with van der Waals surface area (Å²) >= 11 is 1.40. The van der Waals surface area contributed by atoms with E-state index in [0.717, 1.165) is 38.2 Å². The Labute approximate surface area is 162 Å². The molecular formula is C20H24N4O2S. The van der Waals surface area contributed by atoms with Crippen LogP contribution in [0.5, 0.6) is 0 Å². The van der Waals surface area contributed by atoms with E-state index < -0.39 is 12.0 Å². The summed E-state index contributed by atoms with van der Waals surface area (Å²) in [6.45, 7) is 4.32. The number of nitrogens with zero attached hydrogens (tertiary/aromatic N) is 2. The van der Waals surface area contributed by atoms with Gasteiger partial charge < -0.3 is 10.1 Å². The third kappa shape index (κ3) is 4.05. The number of fused-ring (bicyclic) bond motifs is 1. The van der Waals surface area contributed by atoms with Crippen molar-refractivity contribution in [1.82, 2.24) is 14.9 Å². The van der Waals surface area contributed by atoms with Gasteiger partial charge in [-0.3, -0.25) is 15.0 Å². The molecule has 7 heteroatoms. The van der Waals surface area contributed by atoms with Gasteiger partial charge in [0, 0.05) is 29.0 Å². The molecule has 1 saturated heterocycles. The number of thiazole rings is 1. The topological polar surface area (TPSA) is 81.2 Å². The second kappa shape index (κ2) is 7.80. The number of nitrogens with one attached hydrogen (secondary N) is 2.